The van der Waals surface area contributed by atoms with Crippen LogP contribution in [0.1, 0.15) is 32.6 Å². The van der Waals surface area contributed by atoms with E-state index < -0.39 is 10.2 Å². The quantitative estimate of drug-likeness (QED) is 0.745. The molecule has 0 unspecified atom stereocenters. The number of thioether (sulfide) groups is 1. The van der Waals surface area contributed by atoms with Crippen LogP contribution in [0, 0.1) is 5.92 Å². The lowest BCUT2D eigenvalue weighted by Gasteiger charge is -2.34. The second-order valence-corrected chi connectivity index (χ2v) is 9.07. The van der Waals surface area contributed by atoms with Crippen molar-refractivity contribution in [1.82, 2.24) is 13.9 Å². The van der Waals surface area contributed by atoms with E-state index in [0.29, 0.717) is 32.1 Å². The van der Waals surface area contributed by atoms with E-state index in [1.54, 1.807) is 8.61 Å². The number of nitrogens with one attached hydrogen (secondary N) is 1. The van der Waals surface area contributed by atoms with Gasteiger partial charge in [-0.3, -0.25) is 0 Å². The summed E-state index contributed by atoms with van der Waals surface area (Å²) in [6.45, 7) is 6.99. The van der Waals surface area contributed by atoms with E-state index in [1.807, 2.05) is 11.8 Å². The van der Waals surface area contributed by atoms with Crippen molar-refractivity contribution >= 4 is 22.0 Å². The van der Waals surface area contributed by atoms with E-state index in [1.165, 1.54) is 0 Å². The highest BCUT2D eigenvalue weighted by Gasteiger charge is 2.32. The number of hydrogen-bond donors (Lipinski definition) is 1. The van der Waals surface area contributed by atoms with E-state index in [2.05, 4.69) is 12.2 Å². The van der Waals surface area contributed by atoms with Gasteiger partial charge in [0, 0.05) is 31.9 Å². The molecule has 0 amide bonds. The van der Waals surface area contributed by atoms with Crippen LogP contribution in [0.4, 0.5) is 0 Å². The lowest BCUT2D eigenvalue weighted by atomic mass is 9.98. The molecule has 2 fully saturated rings. The third-order valence-electron chi connectivity index (χ3n) is 4.27. The first-order valence-electron chi connectivity index (χ1n) is 8.18. The molecule has 0 aromatic carbocycles. The molecule has 2 rings (SSSR count). The molecule has 124 valence electrons. The number of hydrogen-bond acceptors (Lipinski definition) is 4. The summed E-state index contributed by atoms with van der Waals surface area (Å²) in [6.07, 6.45) is 4.10. The van der Waals surface area contributed by atoms with Crippen LogP contribution in [0.15, 0.2) is 0 Å². The highest BCUT2D eigenvalue weighted by molar-refractivity contribution is 7.99. The molecule has 0 bridgehead atoms. The summed E-state index contributed by atoms with van der Waals surface area (Å²) in [4.78, 5) is 0. The van der Waals surface area contributed by atoms with Gasteiger partial charge in [0.15, 0.2) is 0 Å². The van der Waals surface area contributed by atoms with Crippen LogP contribution in [0.5, 0.6) is 0 Å². The maximum atomic E-state index is 12.7. The van der Waals surface area contributed by atoms with Crippen molar-refractivity contribution in [3.63, 3.8) is 0 Å². The number of piperidine rings is 1. The number of nitrogens with zero attached hydrogens (tertiary/aromatic N) is 2. The largest absolute Gasteiger partial charge is 0.316 e. The molecule has 7 heteroatoms. The molecule has 0 aromatic heterocycles. The third kappa shape index (κ3) is 5.10. The van der Waals surface area contributed by atoms with Gasteiger partial charge in [-0.2, -0.15) is 28.8 Å². The van der Waals surface area contributed by atoms with Gasteiger partial charge >= 0.3 is 0 Å². The van der Waals surface area contributed by atoms with Gasteiger partial charge in [-0.1, -0.05) is 6.92 Å². The average molecular weight is 336 g/mol. The predicted molar refractivity (Wildman–Crippen MR) is 89.9 cm³/mol. The fourth-order valence-corrected chi connectivity index (χ4v) is 5.63. The minimum atomic E-state index is -3.22. The minimum Gasteiger partial charge on any atom is -0.316 e. The molecule has 21 heavy (non-hydrogen) atoms. The Kier molecular flexibility index (Phi) is 7.28. The van der Waals surface area contributed by atoms with Crippen molar-refractivity contribution in [2.75, 3.05) is 50.8 Å². The Labute approximate surface area is 134 Å². The van der Waals surface area contributed by atoms with Crippen LogP contribution in [0.25, 0.3) is 0 Å². The zero-order valence-electron chi connectivity index (χ0n) is 13.1. The first-order chi connectivity index (χ1) is 10.1. The second-order valence-electron chi connectivity index (χ2n) is 5.92. The molecule has 0 aliphatic carbocycles. The highest BCUT2D eigenvalue weighted by Crippen LogP contribution is 2.22. The van der Waals surface area contributed by atoms with Crippen molar-refractivity contribution in [3.05, 3.63) is 0 Å². The molecule has 2 saturated heterocycles. The Morgan fingerprint density at radius 1 is 1.10 bits per heavy atom. The maximum absolute atomic E-state index is 12.7. The van der Waals surface area contributed by atoms with Crippen LogP contribution in [0.2, 0.25) is 0 Å². The van der Waals surface area contributed by atoms with E-state index in [0.717, 1.165) is 50.3 Å². The maximum Gasteiger partial charge on any atom is 0.282 e. The first-order valence-corrected chi connectivity index (χ1v) is 10.7. The highest BCUT2D eigenvalue weighted by atomic mass is 32.2. The molecular weight excluding hydrogens is 306 g/mol. The fourth-order valence-electron chi connectivity index (χ4n) is 2.94. The summed E-state index contributed by atoms with van der Waals surface area (Å²) in [5.74, 6) is 2.64. The normalized spacial score (nSPS) is 24.0. The zero-order chi connectivity index (χ0) is 15.1. The standard InChI is InChI=1S/C14H29N3O2S2/c1-2-6-15-13-14-4-8-17(9-5-14)21(18,19)16-7-3-11-20-12-10-16/h14-15H,2-13H2,1H3. The smallest absolute Gasteiger partial charge is 0.282 e. The molecule has 1 N–H and O–H groups in total. The Morgan fingerprint density at radius 3 is 2.52 bits per heavy atom. The van der Waals surface area contributed by atoms with E-state index in [4.69, 9.17) is 0 Å². The fraction of sp³-hybridized carbons (Fsp3) is 1.00. The van der Waals surface area contributed by atoms with Gasteiger partial charge in [0.25, 0.3) is 10.2 Å². The second kappa shape index (κ2) is 8.72. The van der Waals surface area contributed by atoms with Crippen molar-refractivity contribution in [3.8, 4) is 0 Å². The molecule has 2 aliphatic rings. The topological polar surface area (TPSA) is 52.7 Å². The molecule has 0 saturated carbocycles. The summed E-state index contributed by atoms with van der Waals surface area (Å²) >= 11 is 1.86. The van der Waals surface area contributed by atoms with E-state index in [-0.39, 0.29) is 0 Å². The zero-order valence-corrected chi connectivity index (χ0v) is 14.7. The minimum absolute atomic E-state index is 0.627. The number of rotatable bonds is 6. The van der Waals surface area contributed by atoms with Crippen LogP contribution in [-0.2, 0) is 10.2 Å². The molecule has 0 radical (unpaired) electrons. The van der Waals surface area contributed by atoms with Gasteiger partial charge in [0.1, 0.15) is 0 Å². The lowest BCUT2D eigenvalue weighted by Crippen LogP contribution is -2.48. The molecular formula is C14H29N3O2S2. The van der Waals surface area contributed by atoms with E-state index >= 15 is 0 Å². The summed E-state index contributed by atoms with van der Waals surface area (Å²) in [5, 5.41) is 3.45. The monoisotopic (exact) mass is 335 g/mol. The summed E-state index contributed by atoms with van der Waals surface area (Å²) in [6, 6.07) is 0. The molecule has 0 spiro atoms. The van der Waals surface area contributed by atoms with Gasteiger partial charge in [-0.15, -0.1) is 0 Å². The van der Waals surface area contributed by atoms with Crippen molar-refractivity contribution in [2.45, 2.75) is 32.6 Å². The van der Waals surface area contributed by atoms with Crippen LogP contribution < -0.4 is 5.32 Å². The molecule has 2 aliphatic heterocycles. The van der Waals surface area contributed by atoms with Gasteiger partial charge in [0.05, 0.1) is 0 Å². The molecule has 0 atom stereocenters. The molecule has 0 aromatic rings. The van der Waals surface area contributed by atoms with Crippen molar-refractivity contribution in [1.29, 1.82) is 0 Å². The molecule has 5 nitrogen and oxygen atoms in total. The van der Waals surface area contributed by atoms with Crippen LogP contribution in [-0.4, -0.2) is 67.8 Å². The van der Waals surface area contributed by atoms with E-state index in [9.17, 15) is 8.42 Å². The lowest BCUT2D eigenvalue weighted by molar-refractivity contribution is 0.251. The summed E-state index contributed by atoms with van der Waals surface area (Å²) < 4.78 is 28.8. The van der Waals surface area contributed by atoms with Crippen molar-refractivity contribution < 1.29 is 8.42 Å². The average Bonchev–Trinajstić information content (AvgIpc) is 2.78. The first kappa shape index (κ1) is 17.5. The van der Waals surface area contributed by atoms with Gasteiger partial charge < -0.3 is 5.32 Å². The predicted octanol–water partition coefficient (Wildman–Crippen LogP) is 1.38. The Balaban J connectivity index is 1.82. The Bertz CT molecular complexity index is 387. The molecule has 2 heterocycles. The van der Waals surface area contributed by atoms with Crippen LogP contribution >= 0.6 is 11.8 Å². The van der Waals surface area contributed by atoms with Gasteiger partial charge in [-0.25, -0.2) is 0 Å². The van der Waals surface area contributed by atoms with Gasteiger partial charge in [0.2, 0.25) is 0 Å². The Morgan fingerprint density at radius 2 is 1.81 bits per heavy atom. The summed E-state index contributed by atoms with van der Waals surface area (Å²) in [5.41, 5.74) is 0. The SMILES string of the molecule is CCCNCC1CCN(S(=O)(=O)N2CCCSCC2)CC1. The van der Waals surface area contributed by atoms with Crippen LogP contribution in [0.3, 0.4) is 0 Å². The summed E-state index contributed by atoms with van der Waals surface area (Å²) in [7, 11) is -3.22. The Hall–Kier alpha value is 0.180. The van der Waals surface area contributed by atoms with Gasteiger partial charge in [-0.05, 0) is 50.4 Å². The third-order valence-corrected chi connectivity index (χ3v) is 7.35. The van der Waals surface area contributed by atoms with Crippen molar-refractivity contribution in [2.24, 2.45) is 5.92 Å².